The van der Waals surface area contributed by atoms with Crippen LogP contribution in [-0.2, 0) is 0 Å². The second kappa shape index (κ2) is 4.84. The Morgan fingerprint density at radius 2 is 1.52 bits per heavy atom. The van der Waals surface area contributed by atoms with E-state index in [4.69, 9.17) is 11.6 Å². The average Bonchev–Trinajstić information content (AvgIpc) is 2.39. The highest BCUT2D eigenvalue weighted by molar-refractivity contribution is 6.30. The molecule has 0 radical (unpaired) electrons. The summed E-state index contributed by atoms with van der Waals surface area (Å²) in [5, 5.41) is 6.72. The number of benzene rings is 1. The molecule has 4 heterocycles. The Hall–Kier alpha value is -1.34. The lowest BCUT2D eigenvalue weighted by Gasteiger charge is -2.60. The topological polar surface area (TPSA) is 50.9 Å². The Morgan fingerprint density at radius 1 is 1.00 bits per heavy atom. The predicted molar refractivity (Wildman–Crippen MR) is 81.1 cm³/mol. The third kappa shape index (κ3) is 2.60. The van der Waals surface area contributed by atoms with Crippen LogP contribution in [0.5, 0.6) is 0 Å². The molecule has 0 spiro atoms. The first-order chi connectivity index (χ1) is 10.1. The number of hydrogen-bond acceptors (Lipinski definition) is 4. The number of nitrogens with one attached hydrogen (secondary N) is 2. The zero-order valence-corrected chi connectivity index (χ0v) is 12.4. The van der Waals surface area contributed by atoms with Crippen molar-refractivity contribution in [3.05, 3.63) is 29.3 Å². The molecular weight excluding hydrogens is 290 g/mol. The number of halogens is 1. The van der Waals surface area contributed by atoms with Gasteiger partial charge in [-0.05, 0) is 24.3 Å². The van der Waals surface area contributed by atoms with Gasteiger partial charge in [-0.25, -0.2) is 4.79 Å². The zero-order valence-electron chi connectivity index (χ0n) is 11.7. The van der Waals surface area contributed by atoms with E-state index in [1.807, 2.05) is 0 Å². The van der Waals surface area contributed by atoms with E-state index < -0.39 is 0 Å². The van der Waals surface area contributed by atoms with Crippen LogP contribution in [0.1, 0.15) is 0 Å². The molecule has 1 aromatic rings. The van der Waals surface area contributed by atoms with Gasteiger partial charge in [0, 0.05) is 30.3 Å². The average molecular weight is 308 g/mol. The number of carbonyl (C=O) groups is 1. The number of urea groups is 1. The zero-order chi connectivity index (χ0) is 14.4. The van der Waals surface area contributed by atoms with E-state index in [9.17, 15) is 4.79 Å². The van der Waals surface area contributed by atoms with Crippen LogP contribution in [-0.4, -0.2) is 65.9 Å². The molecule has 4 aliphatic rings. The first-order valence-electron chi connectivity index (χ1n) is 7.12. The van der Waals surface area contributed by atoms with Gasteiger partial charge in [-0.15, -0.1) is 0 Å². The number of carbonyl (C=O) groups excluding carboxylic acids is 1. The molecule has 112 valence electrons. The van der Waals surface area contributed by atoms with Crippen molar-refractivity contribution in [1.82, 2.24) is 20.0 Å². The minimum atomic E-state index is -0.161. The molecule has 4 saturated heterocycles. The van der Waals surface area contributed by atoms with Crippen molar-refractivity contribution in [2.45, 2.75) is 5.54 Å². The molecule has 0 saturated carbocycles. The first kappa shape index (κ1) is 13.3. The van der Waals surface area contributed by atoms with E-state index in [-0.39, 0.29) is 11.6 Å². The van der Waals surface area contributed by atoms with Gasteiger partial charge in [0.15, 0.2) is 0 Å². The Kier molecular flexibility index (Phi) is 3.08. The van der Waals surface area contributed by atoms with Crippen molar-refractivity contribution in [3.63, 3.8) is 0 Å². The molecule has 0 aliphatic carbocycles. The summed E-state index contributed by atoms with van der Waals surface area (Å²) in [6, 6.07) is 6.99. The van der Waals surface area contributed by atoms with Gasteiger partial charge in [-0.2, -0.15) is 0 Å². The minimum absolute atomic E-state index is 0.150. The summed E-state index contributed by atoms with van der Waals surface area (Å²) < 4.78 is 0. The second-order valence-corrected chi connectivity index (χ2v) is 6.71. The number of anilines is 1. The molecule has 21 heavy (non-hydrogen) atoms. The van der Waals surface area contributed by atoms with Gasteiger partial charge in [0.05, 0.1) is 25.5 Å². The lowest BCUT2D eigenvalue weighted by Crippen LogP contribution is -2.80. The number of rotatable bonds is 2. The highest BCUT2D eigenvalue weighted by Gasteiger charge is 2.49. The van der Waals surface area contributed by atoms with Gasteiger partial charge in [0.1, 0.15) is 0 Å². The summed E-state index contributed by atoms with van der Waals surface area (Å²) in [4.78, 5) is 19.4. The molecule has 0 atom stereocenters. The quantitative estimate of drug-likeness (QED) is 0.856. The fourth-order valence-corrected chi connectivity index (χ4v) is 3.90. The van der Waals surface area contributed by atoms with Crippen LogP contribution in [0, 0.1) is 0 Å². The molecule has 0 aromatic heterocycles. The fourth-order valence-electron chi connectivity index (χ4n) is 3.77. The van der Waals surface area contributed by atoms with Crippen molar-refractivity contribution in [1.29, 1.82) is 0 Å². The van der Waals surface area contributed by atoms with E-state index in [2.05, 4.69) is 25.3 Å². The third-order valence-electron chi connectivity index (χ3n) is 4.26. The largest absolute Gasteiger partial charge is 0.329 e. The second-order valence-electron chi connectivity index (χ2n) is 6.28. The highest BCUT2D eigenvalue weighted by Crippen LogP contribution is 2.28. The molecule has 7 heteroatoms. The molecule has 4 fully saturated rings. The van der Waals surface area contributed by atoms with E-state index >= 15 is 0 Å². The summed E-state index contributed by atoms with van der Waals surface area (Å²) >= 11 is 5.85. The van der Waals surface area contributed by atoms with E-state index in [0.29, 0.717) is 5.02 Å². The lowest BCUT2D eigenvalue weighted by atomic mass is 9.91. The molecule has 6 nitrogen and oxygen atoms in total. The van der Waals surface area contributed by atoms with E-state index in [1.165, 1.54) is 0 Å². The van der Waals surface area contributed by atoms with Crippen LogP contribution >= 0.6 is 11.6 Å². The fraction of sp³-hybridized carbons (Fsp3) is 0.500. The summed E-state index contributed by atoms with van der Waals surface area (Å²) in [5.41, 5.74) is 0.591. The van der Waals surface area contributed by atoms with E-state index in [0.717, 1.165) is 45.3 Å². The van der Waals surface area contributed by atoms with Crippen LogP contribution in [0.3, 0.4) is 0 Å². The minimum Gasteiger partial charge on any atom is -0.329 e. The number of hydrogen-bond donors (Lipinski definition) is 2. The van der Waals surface area contributed by atoms with Crippen molar-refractivity contribution in [2.24, 2.45) is 0 Å². The number of nitrogens with zero attached hydrogens (tertiary/aromatic N) is 3. The van der Waals surface area contributed by atoms with Gasteiger partial charge in [-0.3, -0.25) is 14.7 Å². The molecule has 2 N–H and O–H groups in total. The van der Waals surface area contributed by atoms with Gasteiger partial charge in [-0.1, -0.05) is 11.6 Å². The Morgan fingerprint density at radius 3 is 2.05 bits per heavy atom. The maximum absolute atomic E-state index is 12.3. The van der Waals surface area contributed by atoms with Crippen LogP contribution < -0.4 is 10.6 Å². The predicted octanol–water partition coefficient (Wildman–Crippen LogP) is 1.02. The standard InChI is InChI=1S/C14H18ClN5O/c15-11-1-3-12(4-2-11)16-13(21)17-14-5-18-8-19(6-14)10-20(7-14)9-18/h1-4H,5-10H2,(H2,16,17,21). The van der Waals surface area contributed by atoms with Crippen LogP contribution in [0.4, 0.5) is 10.5 Å². The highest BCUT2D eigenvalue weighted by atomic mass is 35.5. The summed E-state index contributed by atoms with van der Waals surface area (Å²) in [6.07, 6.45) is 0. The van der Waals surface area contributed by atoms with Gasteiger partial charge in [0.2, 0.25) is 0 Å². The summed E-state index contributed by atoms with van der Waals surface area (Å²) in [6.45, 7) is 5.81. The van der Waals surface area contributed by atoms with Crippen LogP contribution in [0.2, 0.25) is 5.02 Å². The lowest BCUT2D eigenvalue weighted by molar-refractivity contribution is -0.146. The van der Waals surface area contributed by atoms with Crippen molar-refractivity contribution >= 4 is 23.3 Å². The summed E-state index contributed by atoms with van der Waals surface area (Å²) in [7, 11) is 0. The Labute approximate surface area is 128 Å². The molecule has 5 rings (SSSR count). The maximum Gasteiger partial charge on any atom is 0.319 e. The van der Waals surface area contributed by atoms with Crippen LogP contribution in [0.25, 0.3) is 0 Å². The Bertz CT molecular complexity index is 526. The van der Waals surface area contributed by atoms with Gasteiger partial charge < -0.3 is 10.6 Å². The molecule has 1 aromatic carbocycles. The summed E-state index contributed by atoms with van der Waals surface area (Å²) in [5.74, 6) is 0. The SMILES string of the molecule is O=C(Nc1ccc(Cl)cc1)NC12CN3CN(CN(C3)C1)C2. The van der Waals surface area contributed by atoms with Crippen molar-refractivity contribution < 1.29 is 4.79 Å². The maximum atomic E-state index is 12.3. The normalized spacial score (nSPS) is 36.5. The molecular formula is C14H18ClN5O. The molecule has 0 unspecified atom stereocenters. The molecule has 4 aliphatic heterocycles. The molecule has 2 amide bonds. The number of amides is 2. The third-order valence-corrected chi connectivity index (χ3v) is 4.51. The van der Waals surface area contributed by atoms with Crippen molar-refractivity contribution in [3.8, 4) is 0 Å². The molecule has 4 bridgehead atoms. The monoisotopic (exact) mass is 307 g/mol. The van der Waals surface area contributed by atoms with Crippen LogP contribution in [0.15, 0.2) is 24.3 Å². The smallest absolute Gasteiger partial charge is 0.319 e. The van der Waals surface area contributed by atoms with Gasteiger partial charge >= 0.3 is 6.03 Å². The van der Waals surface area contributed by atoms with E-state index in [1.54, 1.807) is 24.3 Å². The van der Waals surface area contributed by atoms with Gasteiger partial charge in [0.25, 0.3) is 0 Å². The first-order valence-corrected chi connectivity index (χ1v) is 7.50. The van der Waals surface area contributed by atoms with Crippen molar-refractivity contribution in [2.75, 3.05) is 45.0 Å². The Balaban J connectivity index is 1.43.